The molecule has 0 saturated carbocycles. The topological polar surface area (TPSA) is 162 Å². The van der Waals surface area contributed by atoms with Crippen LogP contribution in [0.25, 0.3) is 27.5 Å². The van der Waals surface area contributed by atoms with Gasteiger partial charge in [-0.15, -0.1) is 11.3 Å². The van der Waals surface area contributed by atoms with Gasteiger partial charge in [-0.05, 0) is 35.9 Å². The van der Waals surface area contributed by atoms with Crippen LogP contribution in [0, 0.1) is 0 Å². The van der Waals surface area contributed by atoms with Crippen molar-refractivity contribution < 1.29 is 26.4 Å². The lowest BCUT2D eigenvalue weighted by Crippen LogP contribution is -2.37. The third-order valence-electron chi connectivity index (χ3n) is 5.81. The van der Waals surface area contributed by atoms with E-state index in [1.165, 1.54) is 33.7 Å². The number of aromatic nitrogens is 4. The Kier molecular flexibility index (Phi) is 6.10. The molecule has 0 spiro atoms. The third kappa shape index (κ3) is 4.79. The van der Waals surface area contributed by atoms with Gasteiger partial charge in [0.05, 0.1) is 33.9 Å². The smallest absolute Gasteiger partial charge is 0.384 e. The molecule has 39 heavy (non-hydrogen) atoms. The number of carbonyl (C=O) groups is 1. The number of anilines is 1. The molecule has 0 atom stereocenters. The highest BCUT2D eigenvalue weighted by atomic mass is 32.2. The first-order chi connectivity index (χ1) is 18.2. The number of aromatic amines is 1. The molecular formula is C23H17F3N6O5S2. The molecule has 0 bridgehead atoms. The summed E-state index contributed by atoms with van der Waals surface area (Å²) >= 11 is 1.10. The number of pyridine rings is 1. The Balaban J connectivity index is 1.95. The molecule has 0 radical (unpaired) electrons. The number of nitrogen functional groups attached to an aromatic ring is 1. The van der Waals surface area contributed by atoms with Crippen molar-refractivity contribution in [3.05, 3.63) is 84.9 Å². The quantitative estimate of drug-likeness (QED) is 0.289. The molecule has 16 heteroatoms. The zero-order valence-corrected chi connectivity index (χ0v) is 21.4. The van der Waals surface area contributed by atoms with Crippen molar-refractivity contribution in [3.8, 4) is 5.69 Å². The molecule has 0 unspecified atom stereocenters. The number of thiophene rings is 1. The molecule has 0 fully saturated rings. The Bertz CT molecular complexity index is 2020. The Morgan fingerprint density at radius 2 is 1.90 bits per heavy atom. The lowest BCUT2D eigenvalue weighted by molar-refractivity contribution is -0.137. The lowest BCUT2D eigenvalue weighted by Gasteiger charge is -2.13. The van der Waals surface area contributed by atoms with E-state index in [9.17, 15) is 36.0 Å². The van der Waals surface area contributed by atoms with Crippen LogP contribution in [0.4, 0.5) is 19.0 Å². The molecule has 0 saturated heterocycles. The first kappa shape index (κ1) is 26.2. The van der Waals surface area contributed by atoms with E-state index in [1.54, 1.807) is 4.72 Å². The minimum absolute atomic E-state index is 0.0174. The van der Waals surface area contributed by atoms with Gasteiger partial charge in [-0.1, -0.05) is 0 Å². The number of nitrogens with two attached hydrogens (primary N) is 1. The molecular weight excluding hydrogens is 561 g/mol. The van der Waals surface area contributed by atoms with Crippen LogP contribution in [-0.2, 0) is 22.7 Å². The van der Waals surface area contributed by atoms with Gasteiger partial charge >= 0.3 is 11.9 Å². The summed E-state index contributed by atoms with van der Waals surface area (Å²) in [6, 6.07) is 5.52. The monoisotopic (exact) mass is 578 g/mol. The highest BCUT2D eigenvalue weighted by Crippen LogP contribution is 2.36. The van der Waals surface area contributed by atoms with Crippen LogP contribution in [0.1, 0.15) is 21.6 Å². The van der Waals surface area contributed by atoms with Crippen LogP contribution in [0.3, 0.4) is 0 Å². The summed E-state index contributed by atoms with van der Waals surface area (Å²) in [7, 11) is -4.18. The van der Waals surface area contributed by atoms with Crippen molar-refractivity contribution in [2.45, 2.75) is 12.7 Å². The summed E-state index contributed by atoms with van der Waals surface area (Å²) in [4.78, 5) is 46.4. The van der Waals surface area contributed by atoms with Gasteiger partial charge in [-0.25, -0.2) is 27.5 Å². The number of alkyl halides is 3. The number of halogens is 3. The van der Waals surface area contributed by atoms with E-state index in [0.717, 1.165) is 23.5 Å². The Hall–Kier alpha value is -4.44. The SMILES string of the molecule is CS(=O)(=O)NC(=O)c1c(-n2c(=O)[nH]c3cscc3c2=O)c2cc(C(F)(F)F)ccc2n1Cc1ccnc(N)c1. The maximum Gasteiger partial charge on any atom is 0.416 e. The minimum atomic E-state index is -4.81. The second-order valence-electron chi connectivity index (χ2n) is 8.58. The fraction of sp³-hybridized carbons (Fsp3) is 0.130. The molecule has 4 heterocycles. The Morgan fingerprint density at radius 1 is 1.15 bits per heavy atom. The van der Waals surface area contributed by atoms with Crippen molar-refractivity contribution in [1.29, 1.82) is 0 Å². The van der Waals surface area contributed by atoms with Crippen molar-refractivity contribution in [2.75, 3.05) is 12.0 Å². The van der Waals surface area contributed by atoms with Gasteiger partial charge in [-0.2, -0.15) is 13.2 Å². The Morgan fingerprint density at radius 3 is 2.56 bits per heavy atom. The fourth-order valence-electron chi connectivity index (χ4n) is 4.27. The van der Waals surface area contributed by atoms with Crippen molar-refractivity contribution in [3.63, 3.8) is 0 Å². The first-order valence-electron chi connectivity index (χ1n) is 10.9. The molecule has 5 aromatic rings. The predicted octanol–water partition coefficient (Wildman–Crippen LogP) is 2.43. The summed E-state index contributed by atoms with van der Waals surface area (Å²) in [6.07, 6.45) is -2.73. The van der Waals surface area contributed by atoms with Crippen LogP contribution in [0.2, 0.25) is 0 Å². The van der Waals surface area contributed by atoms with Gasteiger partial charge in [0.1, 0.15) is 11.5 Å². The number of carbonyl (C=O) groups excluding carboxylic acids is 1. The molecule has 4 aromatic heterocycles. The molecule has 0 aliphatic rings. The van der Waals surface area contributed by atoms with E-state index in [-0.39, 0.29) is 34.2 Å². The second kappa shape index (κ2) is 9.09. The van der Waals surface area contributed by atoms with E-state index in [0.29, 0.717) is 22.5 Å². The number of amides is 1. The van der Waals surface area contributed by atoms with Crippen LogP contribution in [0.15, 0.2) is 56.9 Å². The minimum Gasteiger partial charge on any atom is -0.384 e. The number of benzene rings is 1. The fourth-order valence-corrected chi connectivity index (χ4v) is 5.46. The highest BCUT2D eigenvalue weighted by Gasteiger charge is 2.34. The van der Waals surface area contributed by atoms with Gasteiger partial charge in [0, 0.05) is 28.9 Å². The van der Waals surface area contributed by atoms with Crippen LogP contribution < -0.4 is 21.7 Å². The maximum atomic E-state index is 13.7. The first-order valence-corrected chi connectivity index (χ1v) is 13.8. The van der Waals surface area contributed by atoms with Crippen molar-refractivity contribution in [1.82, 2.24) is 23.8 Å². The molecule has 202 valence electrons. The number of nitrogens with one attached hydrogen (secondary N) is 2. The number of hydrogen-bond donors (Lipinski definition) is 3. The molecule has 5 rings (SSSR count). The lowest BCUT2D eigenvalue weighted by atomic mass is 10.1. The van der Waals surface area contributed by atoms with E-state index >= 15 is 0 Å². The Labute approximate surface area is 220 Å². The normalized spacial score (nSPS) is 12.3. The number of nitrogens with zero attached hydrogens (tertiary/aromatic N) is 3. The zero-order chi connectivity index (χ0) is 28.3. The average Bonchev–Trinajstić information content (AvgIpc) is 3.40. The summed E-state index contributed by atoms with van der Waals surface area (Å²) < 4.78 is 68.7. The number of fused-ring (bicyclic) bond motifs is 2. The van der Waals surface area contributed by atoms with E-state index < -0.39 is 50.3 Å². The maximum absolute atomic E-state index is 13.7. The second-order valence-corrected chi connectivity index (χ2v) is 11.1. The summed E-state index contributed by atoms with van der Waals surface area (Å²) in [5.41, 5.74) is 2.31. The van der Waals surface area contributed by atoms with E-state index in [1.807, 2.05) is 0 Å². The van der Waals surface area contributed by atoms with Gasteiger partial charge in [0.2, 0.25) is 10.0 Å². The molecule has 1 aromatic carbocycles. The van der Waals surface area contributed by atoms with Crippen LogP contribution >= 0.6 is 11.3 Å². The molecule has 4 N–H and O–H groups in total. The van der Waals surface area contributed by atoms with Gasteiger partial charge in [-0.3, -0.25) is 9.59 Å². The van der Waals surface area contributed by atoms with Crippen molar-refractivity contribution >= 4 is 54.9 Å². The average molecular weight is 579 g/mol. The molecule has 11 nitrogen and oxygen atoms in total. The standard InChI is InChI=1S/C23H17F3N6O5S2/c1-39(36,37)30-20(33)19-18(32-21(34)14-9-38-10-15(14)29-22(32)35)13-7-12(23(24,25)26)2-3-16(13)31(19)8-11-4-5-28-17(27)6-11/h2-7,9-10H,8H2,1H3,(H2,27,28)(H,29,35)(H,30,33). The van der Waals surface area contributed by atoms with E-state index in [2.05, 4.69) is 9.97 Å². The number of H-pyrrole nitrogens is 1. The number of hydrogen-bond acceptors (Lipinski definition) is 8. The van der Waals surface area contributed by atoms with Gasteiger partial charge in [0.15, 0.2) is 0 Å². The highest BCUT2D eigenvalue weighted by molar-refractivity contribution is 7.89. The van der Waals surface area contributed by atoms with Crippen molar-refractivity contribution in [2.24, 2.45) is 0 Å². The number of sulfonamides is 1. The zero-order valence-electron chi connectivity index (χ0n) is 19.7. The molecule has 0 aliphatic carbocycles. The van der Waals surface area contributed by atoms with E-state index in [4.69, 9.17) is 5.73 Å². The van der Waals surface area contributed by atoms with Crippen LogP contribution in [0.5, 0.6) is 0 Å². The van der Waals surface area contributed by atoms with Crippen LogP contribution in [-0.4, -0.2) is 39.7 Å². The summed E-state index contributed by atoms with van der Waals surface area (Å²) in [6.45, 7) is -0.200. The third-order valence-corrected chi connectivity index (χ3v) is 7.11. The summed E-state index contributed by atoms with van der Waals surface area (Å²) in [5.74, 6) is -1.16. The summed E-state index contributed by atoms with van der Waals surface area (Å²) in [5, 5.41) is 2.69. The molecule has 1 amide bonds. The largest absolute Gasteiger partial charge is 0.416 e. The van der Waals surface area contributed by atoms with Gasteiger partial charge < -0.3 is 15.3 Å². The number of rotatable bonds is 5. The predicted molar refractivity (Wildman–Crippen MR) is 139 cm³/mol. The molecule has 0 aliphatic heterocycles. The van der Waals surface area contributed by atoms with Gasteiger partial charge in [0.25, 0.3) is 11.5 Å².